The third-order valence-electron chi connectivity index (χ3n) is 3.76. The van der Waals surface area contributed by atoms with Crippen LogP contribution in [-0.4, -0.2) is 29.6 Å². The van der Waals surface area contributed by atoms with Gasteiger partial charge in [0.25, 0.3) is 0 Å². The molecule has 0 aliphatic heterocycles. The molecule has 3 N–H and O–H groups in total. The van der Waals surface area contributed by atoms with Crippen molar-refractivity contribution in [2.45, 2.75) is 0 Å². The predicted octanol–water partition coefficient (Wildman–Crippen LogP) is 3.08. The summed E-state index contributed by atoms with van der Waals surface area (Å²) in [6, 6.07) is 10.5. The number of carbonyl (C=O) groups is 1. The molecule has 27 heavy (non-hydrogen) atoms. The quantitative estimate of drug-likeness (QED) is 0.443. The Labute approximate surface area is 155 Å². The summed E-state index contributed by atoms with van der Waals surface area (Å²) in [5.41, 5.74) is 2.39. The summed E-state index contributed by atoms with van der Waals surface area (Å²) in [5.74, 6) is 0.882. The number of methoxy groups -OCH3 is 1. The molecular formula is C20H19N3O4. The molecule has 0 spiro atoms. The minimum Gasteiger partial charge on any atom is -0.493 e. The van der Waals surface area contributed by atoms with Gasteiger partial charge in [-0.05, 0) is 42.0 Å². The highest BCUT2D eigenvalue weighted by Crippen LogP contribution is 2.28. The van der Waals surface area contributed by atoms with Gasteiger partial charge in [-0.1, -0.05) is 18.7 Å². The number of benzene rings is 2. The second-order valence-corrected chi connectivity index (χ2v) is 5.67. The Balaban J connectivity index is 1.69. The van der Waals surface area contributed by atoms with Crippen molar-refractivity contribution < 1.29 is 14.3 Å². The molecule has 0 radical (unpaired) electrons. The number of amides is 1. The van der Waals surface area contributed by atoms with Crippen molar-refractivity contribution in [2.75, 3.05) is 19.0 Å². The maximum absolute atomic E-state index is 12.1. The number of aromatic amines is 2. The molecule has 1 aromatic heterocycles. The lowest BCUT2D eigenvalue weighted by molar-refractivity contribution is -0.111. The maximum Gasteiger partial charge on any atom is 0.323 e. The monoisotopic (exact) mass is 365 g/mol. The molecule has 0 unspecified atom stereocenters. The summed E-state index contributed by atoms with van der Waals surface area (Å²) in [5, 5.41) is 2.75. The fraction of sp³-hybridized carbons (Fsp3) is 0.100. The number of carbonyl (C=O) groups excluding carboxylic acids is 1. The van der Waals surface area contributed by atoms with Crippen LogP contribution in [0.15, 0.2) is 59.9 Å². The Kier molecular flexibility index (Phi) is 5.41. The van der Waals surface area contributed by atoms with Crippen molar-refractivity contribution in [1.29, 1.82) is 0 Å². The summed E-state index contributed by atoms with van der Waals surface area (Å²) >= 11 is 0. The molecule has 138 valence electrons. The highest BCUT2D eigenvalue weighted by atomic mass is 16.5. The zero-order valence-corrected chi connectivity index (χ0v) is 14.7. The lowest BCUT2D eigenvalue weighted by atomic mass is 10.2. The molecule has 7 heteroatoms. The number of fused-ring (bicyclic) bond motifs is 1. The van der Waals surface area contributed by atoms with Gasteiger partial charge in [-0.25, -0.2) is 4.79 Å². The lowest BCUT2D eigenvalue weighted by Crippen LogP contribution is -2.07. The summed E-state index contributed by atoms with van der Waals surface area (Å²) in [6.45, 7) is 3.99. The summed E-state index contributed by atoms with van der Waals surface area (Å²) in [6.07, 6.45) is 4.74. The van der Waals surface area contributed by atoms with Crippen LogP contribution in [0.2, 0.25) is 0 Å². The minimum atomic E-state index is -0.293. The van der Waals surface area contributed by atoms with Gasteiger partial charge in [-0.3, -0.25) is 4.79 Å². The number of aromatic nitrogens is 2. The number of H-pyrrole nitrogens is 2. The summed E-state index contributed by atoms with van der Waals surface area (Å²) < 4.78 is 10.8. The Morgan fingerprint density at radius 2 is 1.96 bits per heavy atom. The van der Waals surface area contributed by atoms with Crippen LogP contribution in [0.4, 0.5) is 5.69 Å². The minimum absolute atomic E-state index is 0.289. The highest BCUT2D eigenvalue weighted by molar-refractivity contribution is 6.02. The third-order valence-corrected chi connectivity index (χ3v) is 3.76. The average Bonchev–Trinajstić information content (AvgIpc) is 3.04. The van der Waals surface area contributed by atoms with Gasteiger partial charge in [0.05, 0.1) is 18.1 Å². The first-order valence-corrected chi connectivity index (χ1v) is 8.22. The first kappa shape index (κ1) is 18.1. The van der Waals surface area contributed by atoms with Crippen LogP contribution in [0.5, 0.6) is 11.5 Å². The Hall–Kier alpha value is -3.74. The van der Waals surface area contributed by atoms with Crippen molar-refractivity contribution in [3.05, 3.63) is 71.2 Å². The second-order valence-electron chi connectivity index (χ2n) is 5.67. The van der Waals surface area contributed by atoms with Crippen molar-refractivity contribution in [1.82, 2.24) is 9.97 Å². The van der Waals surface area contributed by atoms with Crippen molar-refractivity contribution in [3.8, 4) is 11.5 Å². The summed E-state index contributed by atoms with van der Waals surface area (Å²) in [7, 11) is 1.55. The number of imidazole rings is 1. The van der Waals surface area contributed by atoms with Crippen LogP contribution in [0.25, 0.3) is 17.1 Å². The molecule has 0 saturated carbocycles. The molecule has 3 aromatic rings. The lowest BCUT2D eigenvalue weighted by Gasteiger charge is -2.09. The smallest absolute Gasteiger partial charge is 0.323 e. The van der Waals surface area contributed by atoms with Crippen molar-refractivity contribution in [2.24, 2.45) is 0 Å². The van der Waals surface area contributed by atoms with E-state index in [-0.39, 0.29) is 11.6 Å². The molecule has 0 atom stereocenters. The molecule has 3 rings (SSSR count). The average molecular weight is 365 g/mol. The first-order chi connectivity index (χ1) is 13.1. The number of hydrogen-bond acceptors (Lipinski definition) is 4. The van der Waals surface area contributed by atoms with Crippen LogP contribution in [0.1, 0.15) is 5.56 Å². The molecule has 0 saturated heterocycles. The van der Waals surface area contributed by atoms with Crippen molar-refractivity contribution in [3.63, 3.8) is 0 Å². The van der Waals surface area contributed by atoms with Gasteiger partial charge in [-0.2, -0.15) is 0 Å². The van der Waals surface area contributed by atoms with Crippen molar-refractivity contribution >= 4 is 28.7 Å². The maximum atomic E-state index is 12.1. The molecule has 0 fully saturated rings. The fourth-order valence-electron chi connectivity index (χ4n) is 2.52. The number of hydrogen-bond donors (Lipinski definition) is 3. The zero-order valence-electron chi connectivity index (χ0n) is 14.7. The number of anilines is 1. The van der Waals surface area contributed by atoms with E-state index in [0.29, 0.717) is 34.8 Å². The van der Waals surface area contributed by atoms with Gasteiger partial charge in [0.2, 0.25) is 5.91 Å². The van der Waals surface area contributed by atoms with Gasteiger partial charge >= 0.3 is 5.69 Å². The van der Waals surface area contributed by atoms with Crippen LogP contribution in [-0.2, 0) is 4.79 Å². The molecule has 0 bridgehead atoms. The van der Waals surface area contributed by atoms with E-state index in [4.69, 9.17) is 9.47 Å². The van der Waals surface area contributed by atoms with Gasteiger partial charge in [0, 0.05) is 11.8 Å². The number of nitrogens with one attached hydrogen (secondary N) is 3. The molecule has 1 heterocycles. The predicted molar refractivity (Wildman–Crippen MR) is 105 cm³/mol. The summed E-state index contributed by atoms with van der Waals surface area (Å²) in [4.78, 5) is 28.7. The topological polar surface area (TPSA) is 96.2 Å². The number of ether oxygens (including phenoxy) is 2. The van der Waals surface area contributed by atoms with Crippen LogP contribution < -0.4 is 20.5 Å². The number of rotatable bonds is 7. The normalized spacial score (nSPS) is 10.9. The SMILES string of the molecule is C=CCOc1ccc(/C=C/C(=O)Nc2ccc3[nH]c(=O)[nH]c3c2)cc1OC. The van der Waals surface area contributed by atoms with E-state index in [2.05, 4.69) is 21.9 Å². The van der Waals surface area contributed by atoms with E-state index in [9.17, 15) is 9.59 Å². The molecule has 1 amide bonds. The largest absolute Gasteiger partial charge is 0.493 e. The Bertz CT molecular complexity index is 1060. The van der Waals surface area contributed by atoms with E-state index in [1.165, 1.54) is 6.08 Å². The van der Waals surface area contributed by atoms with Crippen LogP contribution >= 0.6 is 0 Å². The van der Waals surface area contributed by atoms with E-state index in [1.54, 1.807) is 49.6 Å². The van der Waals surface area contributed by atoms with E-state index < -0.39 is 0 Å². The van der Waals surface area contributed by atoms with E-state index in [1.807, 2.05) is 6.07 Å². The van der Waals surface area contributed by atoms with Gasteiger partial charge in [0.1, 0.15) is 6.61 Å². The van der Waals surface area contributed by atoms with E-state index in [0.717, 1.165) is 5.56 Å². The molecular weight excluding hydrogens is 346 g/mol. The zero-order chi connectivity index (χ0) is 19.2. The Morgan fingerprint density at radius 3 is 2.74 bits per heavy atom. The molecule has 0 aliphatic carbocycles. The second kappa shape index (κ2) is 8.09. The van der Waals surface area contributed by atoms with E-state index >= 15 is 0 Å². The molecule has 2 aromatic carbocycles. The van der Waals surface area contributed by atoms with Gasteiger partial charge < -0.3 is 24.8 Å². The first-order valence-electron chi connectivity index (χ1n) is 8.22. The fourth-order valence-corrected chi connectivity index (χ4v) is 2.52. The highest BCUT2D eigenvalue weighted by Gasteiger charge is 2.05. The molecule has 7 nitrogen and oxygen atoms in total. The van der Waals surface area contributed by atoms with Gasteiger partial charge in [-0.15, -0.1) is 0 Å². The van der Waals surface area contributed by atoms with Gasteiger partial charge in [0.15, 0.2) is 11.5 Å². The van der Waals surface area contributed by atoms with Crippen LogP contribution in [0, 0.1) is 0 Å². The van der Waals surface area contributed by atoms with Crippen LogP contribution in [0.3, 0.4) is 0 Å². The Morgan fingerprint density at radius 1 is 1.15 bits per heavy atom. The standard InChI is InChI=1S/C20H19N3O4/c1-3-10-27-17-8-4-13(11-18(17)26-2)5-9-19(24)21-14-6-7-15-16(12-14)23-20(25)22-15/h3-9,11-12H,1,10H2,2H3,(H,21,24)(H2,22,23,25)/b9-5+. The molecule has 0 aliphatic rings. The third kappa shape index (κ3) is 4.46.